The third-order valence-electron chi connectivity index (χ3n) is 3.61. The third-order valence-corrected chi connectivity index (χ3v) is 5.22. The van der Waals surface area contributed by atoms with Gasteiger partial charge in [-0.15, -0.1) is 0 Å². The number of para-hydroxylation sites is 1. The number of carbonyl (C=O) groups excluding carboxylic acids is 1. The number of rotatable bonds is 5. The zero-order valence-corrected chi connectivity index (χ0v) is 14.2. The molecule has 5 nitrogen and oxygen atoms in total. The number of amides is 1. The van der Waals surface area contributed by atoms with Crippen molar-refractivity contribution in [3.05, 3.63) is 65.8 Å². The van der Waals surface area contributed by atoms with Gasteiger partial charge in [0.05, 0.1) is 4.90 Å². The molecule has 0 aliphatic heterocycles. The minimum absolute atomic E-state index is 0.0326. The molecule has 0 atom stereocenters. The highest BCUT2D eigenvalue weighted by Crippen LogP contribution is 2.17. The molecular formula is C17H15ClN2O3S. The number of benzene rings is 2. The van der Waals surface area contributed by atoms with Crippen LogP contribution in [0.3, 0.4) is 0 Å². The van der Waals surface area contributed by atoms with Gasteiger partial charge in [0.25, 0.3) is 10.0 Å². The summed E-state index contributed by atoms with van der Waals surface area (Å²) in [5, 5.41) is 1.37. The lowest BCUT2D eigenvalue weighted by Gasteiger charge is -2.08. The maximum absolute atomic E-state index is 12.2. The van der Waals surface area contributed by atoms with E-state index in [-0.39, 0.29) is 11.3 Å². The number of nitrogens with zero attached hydrogens (tertiary/aromatic N) is 1. The molecular weight excluding hydrogens is 348 g/mol. The average Bonchev–Trinajstić information content (AvgIpc) is 2.96. The highest BCUT2D eigenvalue weighted by atomic mass is 35.5. The number of aryl methyl sites for hydroxylation is 1. The molecule has 1 heterocycles. The monoisotopic (exact) mass is 362 g/mol. The molecule has 124 valence electrons. The fraction of sp³-hybridized carbons (Fsp3) is 0.118. The fourth-order valence-corrected chi connectivity index (χ4v) is 3.77. The highest BCUT2D eigenvalue weighted by molar-refractivity contribution is 7.90. The first kappa shape index (κ1) is 16.5. The van der Waals surface area contributed by atoms with Crippen LogP contribution >= 0.6 is 11.6 Å². The zero-order chi connectivity index (χ0) is 17.2. The normalized spacial score (nSPS) is 11.5. The first-order valence-corrected chi connectivity index (χ1v) is 9.17. The van der Waals surface area contributed by atoms with Gasteiger partial charge in [-0.25, -0.2) is 13.1 Å². The largest absolute Gasteiger partial charge is 0.347 e. The quantitative estimate of drug-likeness (QED) is 0.757. The molecule has 0 unspecified atom stereocenters. The number of hydrogen-bond donors (Lipinski definition) is 1. The molecule has 0 saturated carbocycles. The van der Waals surface area contributed by atoms with Crippen LogP contribution in [0.4, 0.5) is 0 Å². The molecule has 3 rings (SSSR count). The van der Waals surface area contributed by atoms with E-state index in [9.17, 15) is 13.2 Å². The van der Waals surface area contributed by atoms with Gasteiger partial charge >= 0.3 is 0 Å². The number of hydrogen-bond acceptors (Lipinski definition) is 3. The van der Waals surface area contributed by atoms with Crippen molar-refractivity contribution < 1.29 is 13.2 Å². The topological polar surface area (TPSA) is 68.2 Å². The van der Waals surface area contributed by atoms with Crippen LogP contribution in [0.25, 0.3) is 10.9 Å². The first-order valence-electron chi connectivity index (χ1n) is 7.31. The van der Waals surface area contributed by atoms with E-state index in [1.165, 1.54) is 18.2 Å². The van der Waals surface area contributed by atoms with Gasteiger partial charge in [0.2, 0.25) is 5.91 Å². The Morgan fingerprint density at radius 3 is 2.67 bits per heavy atom. The maximum atomic E-state index is 12.2. The van der Waals surface area contributed by atoms with Crippen LogP contribution in [-0.4, -0.2) is 18.9 Å². The molecule has 1 amide bonds. The second-order valence-corrected chi connectivity index (χ2v) is 7.42. The van der Waals surface area contributed by atoms with Gasteiger partial charge < -0.3 is 4.57 Å². The number of fused-ring (bicyclic) bond motifs is 1. The molecule has 24 heavy (non-hydrogen) atoms. The number of halogens is 1. The lowest BCUT2D eigenvalue weighted by Crippen LogP contribution is -2.31. The third kappa shape index (κ3) is 3.60. The molecule has 0 aliphatic carbocycles. The Bertz CT molecular complexity index is 996. The molecule has 0 radical (unpaired) electrons. The minimum Gasteiger partial charge on any atom is -0.347 e. The first-order chi connectivity index (χ1) is 11.5. The van der Waals surface area contributed by atoms with E-state index in [4.69, 9.17) is 11.6 Å². The average molecular weight is 363 g/mol. The molecule has 1 N–H and O–H groups in total. The van der Waals surface area contributed by atoms with Gasteiger partial charge in [-0.1, -0.05) is 35.9 Å². The summed E-state index contributed by atoms with van der Waals surface area (Å²) < 4.78 is 28.3. The van der Waals surface area contributed by atoms with Crippen molar-refractivity contribution >= 4 is 38.4 Å². The van der Waals surface area contributed by atoms with E-state index in [1.807, 2.05) is 41.1 Å². The Morgan fingerprint density at radius 1 is 1.08 bits per heavy atom. The number of nitrogens with one attached hydrogen (secondary N) is 1. The van der Waals surface area contributed by atoms with Crippen LogP contribution in [0.2, 0.25) is 5.02 Å². The molecule has 0 spiro atoms. The Labute approximate surface area is 144 Å². The Balaban J connectivity index is 1.67. The minimum atomic E-state index is -3.91. The molecule has 7 heteroatoms. The molecule has 2 aromatic carbocycles. The van der Waals surface area contributed by atoms with Crippen molar-refractivity contribution in [2.75, 3.05) is 0 Å². The van der Waals surface area contributed by atoms with Crippen molar-refractivity contribution in [3.63, 3.8) is 0 Å². The summed E-state index contributed by atoms with van der Waals surface area (Å²) in [4.78, 5) is 12.0. The van der Waals surface area contributed by atoms with Crippen LogP contribution in [0.1, 0.15) is 6.42 Å². The lowest BCUT2D eigenvalue weighted by molar-refractivity contribution is -0.119. The van der Waals surface area contributed by atoms with E-state index >= 15 is 0 Å². The van der Waals surface area contributed by atoms with Crippen LogP contribution in [0, 0.1) is 0 Å². The smallest absolute Gasteiger partial charge is 0.264 e. The van der Waals surface area contributed by atoms with Gasteiger partial charge in [0.1, 0.15) is 0 Å². The van der Waals surface area contributed by atoms with Crippen molar-refractivity contribution in [3.8, 4) is 0 Å². The van der Waals surface area contributed by atoms with E-state index in [2.05, 4.69) is 4.72 Å². The summed E-state index contributed by atoms with van der Waals surface area (Å²) in [6.07, 6.45) is 1.93. The van der Waals surface area contributed by atoms with Crippen molar-refractivity contribution in [2.45, 2.75) is 17.9 Å². The predicted molar refractivity (Wildman–Crippen MR) is 93.3 cm³/mol. The van der Waals surface area contributed by atoms with E-state index in [0.29, 0.717) is 11.6 Å². The molecule has 3 aromatic rings. The lowest BCUT2D eigenvalue weighted by atomic mass is 10.2. The Kier molecular flexibility index (Phi) is 4.59. The van der Waals surface area contributed by atoms with Gasteiger partial charge in [-0.05, 0) is 35.7 Å². The van der Waals surface area contributed by atoms with E-state index in [1.54, 1.807) is 6.07 Å². The summed E-state index contributed by atoms with van der Waals surface area (Å²) in [6, 6.07) is 15.5. The van der Waals surface area contributed by atoms with Crippen molar-refractivity contribution in [2.24, 2.45) is 0 Å². The summed E-state index contributed by atoms with van der Waals surface area (Å²) in [7, 11) is -3.91. The zero-order valence-electron chi connectivity index (χ0n) is 12.6. The van der Waals surface area contributed by atoms with E-state index in [0.717, 1.165) is 10.9 Å². The highest BCUT2D eigenvalue weighted by Gasteiger charge is 2.17. The van der Waals surface area contributed by atoms with Crippen LogP contribution in [0.5, 0.6) is 0 Å². The summed E-state index contributed by atoms with van der Waals surface area (Å²) in [5.41, 5.74) is 1.00. The van der Waals surface area contributed by atoms with Gasteiger partial charge in [-0.3, -0.25) is 4.79 Å². The molecule has 0 bridgehead atoms. The maximum Gasteiger partial charge on any atom is 0.264 e. The molecule has 0 aliphatic rings. The second kappa shape index (κ2) is 6.67. The van der Waals surface area contributed by atoms with Gasteiger partial charge in [0.15, 0.2) is 0 Å². The van der Waals surface area contributed by atoms with Gasteiger partial charge in [-0.2, -0.15) is 0 Å². The van der Waals surface area contributed by atoms with Crippen LogP contribution in [-0.2, 0) is 21.4 Å². The summed E-state index contributed by atoms with van der Waals surface area (Å²) in [6.45, 7) is 0.393. The SMILES string of the molecule is O=C(CCn1ccc2ccccc21)NS(=O)(=O)c1cccc(Cl)c1. The fourth-order valence-electron chi connectivity index (χ4n) is 2.45. The Hall–Kier alpha value is -2.31. The predicted octanol–water partition coefficient (Wildman–Crippen LogP) is 3.19. The molecule has 1 aromatic heterocycles. The standard InChI is InChI=1S/C17H15ClN2O3S/c18-14-5-3-6-15(12-14)24(22,23)19-17(21)9-11-20-10-8-13-4-1-2-7-16(13)20/h1-8,10,12H,9,11H2,(H,19,21). The Morgan fingerprint density at radius 2 is 1.88 bits per heavy atom. The van der Waals surface area contributed by atoms with Crippen LogP contribution in [0.15, 0.2) is 65.7 Å². The second-order valence-electron chi connectivity index (χ2n) is 5.30. The van der Waals surface area contributed by atoms with Gasteiger partial charge in [0, 0.05) is 29.7 Å². The molecule has 0 saturated heterocycles. The van der Waals surface area contributed by atoms with Crippen molar-refractivity contribution in [1.29, 1.82) is 0 Å². The molecule has 0 fully saturated rings. The summed E-state index contributed by atoms with van der Waals surface area (Å²) >= 11 is 5.79. The number of sulfonamides is 1. The number of carbonyl (C=O) groups is 1. The summed E-state index contributed by atoms with van der Waals surface area (Å²) in [5.74, 6) is -0.562. The van der Waals surface area contributed by atoms with E-state index < -0.39 is 15.9 Å². The van der Waals surface area contributed by atoms with Crippen molar-refractivity contribution in [1.82, 2.24) is 9.29 Å². The number of aromatic nitrogens is 1. The van der Waals surface area contributed by atoms with Crippen LogP contribution < -0.4 is 4.72 Å².